The van der Waals surface area contributed by atoms with E-state index in [0.29, 0.717) is 55.5 Å². The third-order valence-electron chi connectivity index (χ3n) is 8.03. The number of morpholine rings is 1. The maximum Gasteiger partial charge on any atom is 0.253 e. The Labute approximate surface area is 256 Å². The highest BCUT2D eigenvalue weighted by atomic mass is 35.5. The molecule has 1 unspecified atom stereocenters. The van der Waals surface area contributed by atoms with Gasteiger partial charge in [-0.3, -0.25) is 9.59 Å². The monoisotopic (exact) mass is 619 g/mol. The Bertz CT molecular complexity index is 1390. The minimum absolute atomic E-state index is 0. The van der Waals surface area contributed by atoms with Gasteiger partial charge in [-0.2, -0.15) is 0 Å². The SMILES string of the molecule is CC(=O)NC1(c2cccc(F)c2)CCN(CCC2(c3ccc(Cl)c(Cl)c3)CN(c3ccccc3)C(=O)CO2)CC1.Cl. The van der Waals surface area contributed by atoms with Gasteiger partial charge >= 0.3 is 0 Å². The molecule has 1 N–H and O–H groups in total. The summed E-state index contributed by atoms with van der Waals surface area (Å²) in [5.74, 6) is -0.562. The summed E-state index contributed by atoms with van der Waals surface area (Å²) in [6.07, 6.45) is 1.89. The molecule has 0 aromatic heterocycles. The molecule has 0 bridgehead atoms. The van der Waals surface area contributed by atoms with Crippen LogP contribution < -0.4 is 10.2 Å². The number of anilines is 1. The zero-order chi connectivity index (χ0) is 28.3. The average molecular weight is 621 g/mol. The first-order valence-corrected chi connectivity index (χ1v) is 14.2. The number of likely N-dealkylation sites (tertiary alicyclic amines) is 1. The molecule has 10 heteroatoms. The first kappa shape index (κ1) is 31.3. The van der Waals surface area contributed by atoms with Crippen LogP contribution in [0.25, 0.3) is 0 Å². The van der Waals surface area contributed by atoms with E-state index < -0.39 is 11.1 Å². The van der Waals surface area contributed by atoms with Gasteiger partial charge < -0.3 is 19.9 Å². The Morgan fingerprint density at radius 1 is 0.976 bits per heavy atom. The van der Waals surface area contributed by atoms with E-state index in [9.17, 15) is 14.0 Å². The lowest BCUT2D eigenvalue weighted by Gasteiger charge is -2.46. The molecule has 3 aromatic carbocycles. The second-order valence-corrected chi connectivity index (χ2v) is 11.4. The van der Waals surface area contributed by atoms with Gasteiger partial charge in [-0.25, -0.2) is 4.39 Å². The molecule has 1 atom stereocenters. The maximum atomic E-state index is 14.1. The lowest BCUT2D eigenvalue weighted by Crippen LogP contribution is -2.55. The third kappa shape index (κ3) is 6.87. The normalized spacial score (nSPS) is 20.8. The third-order valence-corrected chi connectivity index (χ3v) is 8.77. The first-order chi connectivity index (χ1) is 19.2. The molecule has 6 nitrogen and oxygen atoms in total. The number of carbonyl (C=O) groups excluding carboxylic acids is 2. The largest absolute Gasteiger partial charge is 0.359 e. The van der Waals surface area contributed by atoms with E-state index in [0.717, 1.165) is 16.8 Å². The Morgan fingerprint density at radius 3 is 2.37 bits per heavy atom. The minimum Gasteiger partial charge on any atom is -0.359 e. The molecule has 2 aliphatic heterocycles. The summed E-state index contributed by atoms with van der Waals surface area (Å²) in [7, 11) is 0. The van der Waals surface area contributed by atoms with Crippen molar-refractivity contribution in [2.24, 2.45) is 0 Å². The maximum absolute atomic E-state index is 14.1. The molecular weight excluding hydrogens is 588 g/mol. The lowest BCUT2D eigenvalue weighted by molar-refractivity contribution is -0.141. The summed E-state index contributed by atoms with van der Waals surface area (Å²) in [6, 6.07) is 21.5. The van der Waals surface area contributed by atoms with Gasteiger partial charge in [0, 0.05) is 32.2 Å². The van der Waals surface area contributed by atoms with Crippen LogP contribution in [0.3, 0.4) is 0 Å². The van der Waals surface area contributed by atoms with Crippen molar-refractivity contribution in [3.63, 3.8) is 0 Å². The van der Waals surface area contributed by atoms with Crippen molar-refractivity contribution < 1.29 is 18.7 Å². The minimum atomic E-state index is -0.799. The predicted molar refractivity (Wildman–Crippen MR) is 162 cm³/mol. The average Bonchev–Trinajstić information content (AvgIpc) is 2.95. The van der Waals surface area contributed by atoms with Gasteiger partial charge in [0.05, 0.1) is 22.1 Å². The van der Waals surface area contributed by atoms with Crippen molar-refractivity contribution in [3.8, 4) is 0 Å². The molecule has 0 aliphatic carbocycles. The Balaban J connectivity index is 0.00000387. The number of benzene rings is 3. The molecular formula is C31H33Cl3FN3O3. The van der Waals surface area contributed by atoms with E-state index in [1.807, 2.05) is 48.5 Å². The highest BCUT2D eigenvalue weighted by molar-refractivity contribution is 6.42. The summed E-state index contributed by atoms with van der Waals surface area (Å²) in [4.78, 5) is 29.2. The van der Waals surface area contributed by atoms with Crippen LogP contribution in [-0.4, -0.2) is 49.5 Å². The molecule has 3 aromatic rings. The number of para-hydroxylation sites is 1. The number of halogens is 4. The van der Waals surface area contributed by atoms with E-state index in [2.05, 4.69) is 10.2 Å². The van der Waals surface area contributed by atoms with E-state index in [1.165, 1.54) is 19.1 Å². The molecule has 0 radical (unpaired) electrons. The molecule has 2 aliphatic rings. The van der Waals surface area contributed by atoms with E-state index in [4.69, 9.17) is 27.9 Å². The van der Waals surface area contributed by atoms with Crippen LogP contribution in [0.4, 0.5) is 10.1 Å². The molecule has 2 amide bonds. The van der Waals surface area contributed by atoms with Gasteiger partial charge in [-0.05, 0) is 66.8 Å². The molecule has 0 saturated carbocycles. The summed E-state index contributed by atoms with van der Waals surface area (Å²) < 4.78 is 20.4. The van der Waals surface area contributed by atoms with Crippen LogP contribution in [0.2, 0.25) is 10.0 Å². The molecule has 5 rings (SSSR count). The van der Waals surface area contributed by atoms with Crippen molar-refractivity contribution in [3.05, 3.63) is 99.8 Å². The second kappa shape index (κ2) is 13.1. The summed E-state index contributed by atoms with van der Waals surface area (Å²) >= 11 is 12.7. The molecule has 218 valence electrons. The Kier molecular flexibility index (Phi) is 9.98. The van der Waals surface area contributed by atoms with Gasteiger partial charge in [0.1, 0.15) is 18.0 Å². The fraction of sp³-hybridized carbons (Fsp3) is 0.355. The van der Waals surface area contributed by atoms with Crippen LogP contribution in [0.5, 0.6) is 0 Å². The number of ether oxygens (including phenoxy) is 1. The Morgan fingerprint density at radius 2 is 1.71 bits per heavy atom. The quantitative estimate of drug-likeness (QED) is 0.335. The van der Waals surface area contributed by atoms with Crippen LogP contribution in [-0.2, 0) is 25.5 Å². The highest BCUT2D eigenvalue weighted by Crippen LogP contribution is 2.39. The van der Waals surface area contributed by atoms with Gasteiger partial charge in [0.2, 0.25) is 5.91 Å². The van der Waals surface area contributed by atoms with Crippen molar-refractivity contribution in [1.29, 1.82) is 0 Å². The topological polar surface area (TPSA) is 61.9 Å². The van der Waals surface area contributed by atoms with Crippen LogP contribution in [0, 0.1) is 5.82 Å². The number of hydrogen-bond donors (Lipinski definition) is 1. The fourth-order valence-electron chi connectivity index (χ4n) is 5.87. The van der Waals surface area contributed by atoms with Crippen molar-refractivity contribution in [2.75, 3.05) is 37.7 Å². The highest BCUT2D eigenvalue weighted by Gasteiger charge is 2.43. The smallest absolute Gasteiger partial charge is 0.253 e. The van der Waals surface area contributed by atoms with Crippen LogP contribution in [0.15, 0.2) is 72.8 Å². The molecule has 41 heavy (non-hydrogen) atoms. The van der Waals surface area contributed by atoms with Crippen LogP contribution >= 0.6 is 35.6 Å². The van der Waals surface area contributed by atoms with Crippen LogP contribution in [0.1, 0.15) is 37.3 Å². The van der Waals surface area contributed by atoms with Crippen molar-refractivity contribution in [2.45, 2.75) is 37.3 Å². The van der Waals surface area contributed by atoms with E-state index in [-0.39, 0.29) is 36.6 Å². The summed E-state index contributed by atoms with van der Waals surface area (Å²) in [6.45, 7) is 3.87. The van der Waals surface area contributed by atoms with Gasteiger partial charge in [0.25, 0.3) is 5.91 Å². The second-order valence-electron chi connectivity index (χ2n) is 10.6. The Hall–Kier alpha value is -2.68. The number of piperidine rings is 1. The predicted octanol–water partition coefficient (Wildman–Crippen LogP) is 6.33. The number of nitrogens with zero attached hydrogens (tertiary/aromatic N) is 2. The van der Waals surface area contributed by atoms with E-state index >= 15 is 0 Å². The zero-order valence-electron chi connectivity index (χ0n) is 22.7. The standard InChI is InChI=1S/C31H32Cl2FN3O3.ClH/c1-22(38)35-30(23-6-5-7-25(34)18-23)12-15-36(16-13-30)17-14-31(24-10-11-27(32)28(33)19-24)21-37(29(39)20-40-31)26-8-3-2-4-9-26;/h2-11,18-19H,12-17,20-21H2,1H3,(H,35,38);1H. The van der Waals surface area contributed by atoms with Crippen molar-refractivity contribution >= 4 is 53.1 Å². The first-order valence-electron chi connectivity index (χ1n) is 13.4. The van der Waals surface area contributed by atoms with Crippen molar-refractivity contribution in [1.82, 2.24) is 10.2 Å². The molecule has 2 saturated heterocycles. The van der Waals surface area contributed by atoms with Gasteiger partial charge in [-0.1, -0.05) is 59.6 Å². The lowest BCUT2D eigenvalue weighted by atomic mass is 9.80. The molecule has 0 spiro atoms. The van der Waals surface area contributed by atoms with Gasteiger partial charge in [0.15, 0.2) is 0 Å². The van der Waals surface area contributed by atoms with E-state index in [1.54, 1.807) is 17.0 Å². The number of nitrogens with one attached hydrogen (secondary N) is 1. The number of hydrogen-bond acceptors (Lipinski definition) is 4. The summed E-state index contributed by atoms with van der Waals surface area (Å²) in [5, 5.41) is 3.99. The number of amides is 2. The fourth-order valence-corrected chi connectivity index (χ4v) is 6.16. The number of rotatable bonds is 7. The summed E-state index contributed by atoms with van der Waals surface area (Å²) in [5.41, 5.74) is 1.03. The number of carbonyl (C=O) groups is 2. The molecule has 2 heterocycles. The molecule has 2 fully saturated rings. The van der Waals surface area contributed by atoms with Gasteiger partial charge in [-0.15, -0.1) is 12.4 Å². The zero-order valence-corrected chi connectivity index (χ0v) is 25.1.